The summed E-state index contributed by atoms with van der Waals surface area (Å²) in [6.07, 6.45) is 7.12. The van der Waals surface area contributed by atoms with Crippen LogP contribution < -0.4 is 5.73 Å². The summed E-state index contributed by atoms with van der Waals surface area (Å²) in [7, 11) is 0. The number of carbonyl (C=O) groups excluding carboxylic acids is 2. The van der Waals surface area contributed by atoms with Gasteiger partial charge in [0.15, 0.2) is 0 Å². The summed E-state index contributed by atoms with van der Waals surface area (Å²) in [6, 6.07) is 3.84. The lowest BCUT2D eigenvalue weighted by Gasteiger charge is -2.33. The van der Waals surface area contributed by atoms with E-state index in [1.807, 2.05) is 43.5 Å². The number of aromatic nitrogens is 2. The van der Waals surface area contributed by atoms with Crippen molar-refractivity contribution in [2.24, 2.45) is 11.7 Å². The van der Waals surface area contributed by atoms with Crippen LogP contribution in [0.4, 0.5) is 4.79 Å². The summed E-state index contributed by atoms with van der Waals surface area (Å²) in [5, 5.41) is 0. The normalized spacial score (nSPS) is 14.8. The fraction of sp³-hybridized carbons (Fsp3) is 0.550. The Morgan fingerprint density at radius 3 is 2.63 bits per heavy atom. The lowest BCUT2D eigenvalue weighted by Crippen LogP contribution is -2.40. The van der Waals surface area contributed by atoms with Gasteiger partial charge < -0.3 is 19.8 Å². The molecular weight excluding hydrogens is 344 g/mol. The molecule has 1 aliphatic rings. The van der Waals surface area contributed by atoms with Gasteiger partial charge in [-0.25, -0.2) is 9.78 Å². The smallest absolute Gasteiger partial charge is 0.410 e. The third-order valence-corrected chi connectivity index (χ3v) is 4.65. The van der Waals surface area contributed by atoms with Crippen molar-refractivity contribution in [2.45, 2.75) is 58.6 Å². The molecule has 2 aromatic heterocycles. The fourth-order valence-corrected chi connectivity index (χ4v) is 3.19. The van der Waals surface area contributed by atoms with Crippen LogP contribution in [0.1, 0.15) is 51.3 Å². The summed E-state index contributed by atoms with van der Waals surface area (Å²) in [6.45, 7) is 6.83. The molecule has 7 nitrogen and oxygen atoms in total. The third kappa shape index (κ3) is 5.21. The standard InChI is InChI=1S/C20H28N4O3/c1-20(2,3)27-19(26)24(10-14-5-4-6-14)12-15-7-8-18-22-16(9-17(21)25)13-23(18)11-15/h7-8,11,13-14H,4-6,9-10,12H2,1-3H3,(H2,21,25). The SMILES string of the molecule is CC(C)(C)OC(=O)N(Cc1ccc2nc(CC(N)=O)cn2c1)CC1CCC1. The molecule has 1 saturated carbocycles. The number of amides is 2. The average Bonchev–Trinajstić information content (AvgIpc) is 2.88. The molecule has 2 N–H and O–H groups in total. The predicted molar refractivity (Wildman–Crippen MR) is 102 cm³/mol. The van der Waals surface area contributed by atoms with Crippen molar-refractivity contribution >= 4 is 17.6 Å². The average molecular weight is 372 g/mol. The van der Waals surface area contributed by atoms with Crippen LogP contribution in [0.15, 0.2) is 24.5 Å². The zero-order chi connectivity index (χ0) is 19.6. The van der Waals surface area contributed by atoms with Crippen molar-refractivity contribution in [2.75, 3.05) is 6.54 Å². The van der Waals surface area contributed by atoms with E-state index in [0.717, 1.165) is 24.1 Å². The zero-order valence-corrected chi connectivity index (χ0v) is 16.3. The first-order valence-electron chi connectivity index (χ1n) is 9.42. The summed E-state index contributed by atoms with van der Waals surface area (Å²) in [5.41, 5.74) is 7.09. The van der Waals surface area contributed by atoms with Gasteiger partial charge in [0.05, 0.1) is 18.7 Å². The van der Waals surface area contributed by atoms with E-state index in [9.17, 15) is 9.59 Å². The molecule has 3 rings (SSSR count). The number of nitrogens with zero attached hydrogens (tertiary/aromatic N) is 3. The topological polar surface area (TPSA) is 89.9 Å². The van der Waals surface area contributed by atoms with Crippen LogP contribution in [0.3, 0.4) is 0 Å². The minimum absolute atomic E-state index is 0.114. The summed E-state index contributed by atoms with van der Waals surface area (Å²) >= 11 is 0. The maximum absolute atomic E-state index is 12.7. The summed E-state index contributed by atoms with van der Waals surface area (Å²) < 4.78 is 7.46. The van der Waals surface area contributed by atoms with Gasteiger partial charge in [-0.2, -0.15) is 0 Å². The van der Waals surface area contributed by atoms with Gasteiger partial charge in [-0.05, 0) is 51.2 Å². The third-order valence-electron chi connectivity index (χ3n) is 4.65. The molecule has 0 unspecified atom stereocenters. The summed E-state index contributed by atoms with van der Waals surface area (Å²) in [4.78, 5) is 29.9. The molecule has 0 atom stereocenters. The Bertz CT molecular complexity index is 833. The van der Waals surface area contributed by atoms with Crippen LogP contribution in [0, 0.1) is 5.92 Å². The van der Waals surface area contributed by atoms with Crippen LogP contribution >= 0.6 is 0 Å². The highest BCUT2D eigenvalue weighted by molar-refractivity contribution is 5.76. The Hall–Kier alpha value is -2.57. The number of pyridine rings is 1. The molecule has 0 aliphatic heterocycles. The van der Waals surface area contributed by atoms with Gasteiger partial charge in [0.25, 0.3) is 0 Å². The number of hydrogen-bond acceptors (Lipinski definition) is 4. The molecule has 2 aromatic rings. The number of ether oxygens (including phenoxy) is 1. The second-order valence-corrected chi connectivity index (χ2v) is 8.34. The van der Waals surface area contributed by atoms with Crippen molar-refractivity contribution in [1.29, 1.82) is 0 Å². The molecule has 1 aliphatic carbocycles. The van der Waals surface area contributed by atoms with Crippen LogP contribution in [0.2, 0.25) is 0 Å². The van der Waals surface area contributed by atoms with Crippen LogP contribution in [0.5, 0.6) is 0 Å². The number of rotatable bonds is 6. The van der Waals surface area contributed by atoms with Crippen molar-refractivity contribution < 1.29 is 14.3 Å². The highest BCUT2D eigenvalue weighted by Gasteiger charge is 2.27. The van der Waals surface area contributed by atoms with E-state index in [1.165, 1.54) is 6.42 Å². The van der Waals surface area contributed by atoms with Crippen LogP contribution in [-0.2, 0) is 22.5 Å². The van der Waals surface area contributed by atoms with E-state index in [0.29, 0.717) is 24.7 Å². The molecule has 0 spiro atoms. The van der Waals surface area contributed by atoms with Crippen molar-refractivity contribution in [3.05, 3.63) is 35.8 Å². The number of nitrogens with two attached hydrogens (primary N) is 1. The molecule has 2 amide bonds. The highest BCUT2D eigenvalue weighted by Crippen LogP contribution is 2.28. The molecule has 0 bridgehead atoms. The Morgan fingerprint density at radius 1 is 1.30 bits per heavy atom. The lowest BCUT2D eigenvalue weighted by atomic mass is 9.85. The molecule has 0 radical (unpaired) electrons. The second kappa shape index (κ2) is 7.58. The number of carbonyl (C=O) groups is 2. The number of hydrogen-bond donors (Lipinski definition) is 1. The van der Waals surface area contributed by atoms with Crippen molar-refractivity contribution in [1.82, 2.24) is 14.3 Å². The quantitative estimate of drug-likeness (QED) is 0.844. The van der Waals surface area contributed by atoms with Crippen LogP contribution in [0.25, 0.3) is 5.65 Å². The van der Waals surface area contributed by atoms with Gasteiger partial charge in [0, 0.05) is 18.9 Å². The Balaban J connectivity index is 1.76. The molecule has 0 saturated heterocycles. The largest absolute Gasteiger partial charge is 0.444 e. The Kier molecular flexibility index (Phi) is 5.39. The van der Waals surface area contributed by atoms with Crippen molar-refractivity contribution in [3.63, 3.8) is 0 Å². The minimum atomic E-state index is -0.521. The van der Waals surface area contributed by atoms with Crippen LogP contribution in [-0.4, -0.2) is 38.4 Å². The molecule has 0 aromatic carbocycles. The van der Waals surface area contributed by atoms with Gasteiger partial charge in [0.2, 0.25) is 5.91 Å². The van der Waals surface area contributed by atoms with E-state index in [2.05, 4.69) is 4.98 Å². The molecule has 146 valence electrons. The maximum Gasteiger partial charge on any atom is 0.410 e. The molecular formula is C20H28N4O3. The Labute approximate surface area is 159 Å². The van der Waals surface area contributed by atoms with Gasteiger partial charge in [-0.3, -0.25) is 4.79 Å². The zero-order valence-electron chi connectivity index (χ0n) is 16.3. The lowest BCUT2D eigenvalue weighted by molar-refractivity contribution is -0.117. The first-order valence-corrected chi connectivity index (χ1v) is 9.42. The first kappa shape index (κ1) is 19.2. The minimum Gasteiger partial charge on any atom is -0.444 e. The molecule has 7 heteroatoms. The summed E-state index contributed by atoms with van der Waals surface area (Å²) in [5.74, 6) is 0.145. The molecule has 2 heterocycles. The second-order valence-electron chi connectivity index (χ2n) is 8.34. The highest BCUT2D eigenvalue weighted by atomic mass is 16.6. The monoisotopic (exact) mass is 372 g/mol. The Morgan fingerprint density at radius 2 is 2.04 bits per heavy atom. The molecule has 1 fully saturated rings. The number of fused-ring (bicyclic) bond motifs is 1. The van der Waals surface area contributed by atoms with Crippen molar-refractivity contribution in [3.8, 4) is 0 Å². The van der Waals surface area contributed by atoms with Gasteiger partial charge >= 0.3 is 6.09 Å². The maximum atomic E-state index is 12.7. The van der Waals surface area contributed by atoms with E-state index in [-0.39, 0.29) is 12.5 Å². The number of imidazole rings is 1. The van der Waals surface area contributed by atoms with E-state index in [4.69, 9.17) is 10.5 Å². The van der Waals surface area contributed by atoms with Gasteiger partial charge in [0.1, 0.15) is 11.2 Å². The van der Waals surface area contributed by atoms with E-state index < -0.39 is 11.5 Å². The van der Waals surface area contributed by atoms with E-state index >= 15 is 0 Å². The molecule has 27 heavy (non-hydrogen) atoms. The first-order chi connectivity index (χ1) is 12.7. The van der Waals surface area contributed by atoms with Gasteiger partial charge in [-0.15, -0.1) is 0 Å². The van der Waals surface area contributed by atoms with Gasteiger partial charge in [-0.1, -0.05) is 12.5 Å². The predicted octanol–water partition coefficient (Wildman–Crippen LogP) is 2.90. The fourth-order valence-electron chi connectivity index (χ4n) is 3.19. The van der Waals surface area contributed by atoms with E-state index in [1.54, 1.807) is 11.1 Å². The number of primary amides is 1.